The number of aromatic nitrogens is 1. The van der Waals surface area contributed by atoms with E-state index < -0.39 is 0 Å². The second-order valence-corrected chi connectivity index (χ2v) is 4.54. The predicted molar refractivity (Wildman–Crippen MR) is 82.3 cm³/mol. The number of nitrogens with one attached hydrogen (secondary N) is 1. The van der Waals surface area contributed by atoms with E-state index in [9.17, 15) is 4.79 Å². The van der Waals surface area contributed by atoms with Gasteiger partial charge >= 0.3 is 0 Å². The van der Waals surface area contributed by atoms with Crippen LogP contribution in [0.25, 0.3) is 0 Å². The number of pyridine rings is 1. The molecule has 20 heavy (non-hydrogen) atoms. The van der Waals surface area contributed by atoms with Crippen molar-refractivity contribution in [3.8, 4) is 0 Å². The van der Waals surface area contributed by atoms with Crippen molar-refractivity contribution in [1.82, 2.24) is 4.98 Å². The van der Waals surface area contributed by atoms with Crippen LogP contribution in [0, 0.1) is 0 Å². The van der Waals surface area contributed by atoms with Crippen molar-refractivity contribution in [2.24, 2.45) is 0 Å². The smallest absolute Gasteiger partial charge is 0.276 e. The molecule has 1 aromatic heterocycles. The number of rotatable bonds is 4. The van der Waals surface area contributed by atoms with E-state index in [1.165, 1.54) is 5.56 Å². The van der Waals surface area contributed by atoms with Crippen LogP contribution in [0.1, 0.15) is 23.0 Å². The molecule has 0 radical (unpaired) electrons. The molecule has 0 bridgehead atoms. The number of anilines is 2. The molecular formula is C16H19N3O. The number of hydrogen-bond donors (Lipinski definition) is 1. The van der Waals surface area contributed by atoms with E-state index in [4.69, 9.17) is 0 Å². The fourth-order valence-corrected chi connectivity index (χ4v) is 1.94. The van der Waals surface area contributed by atoms with Crippen LogP contribution in [0.4, 0.5) is 11.5 Å². The molecule has 1 heterocycles. The minimum atomic E-state index is -0.119. The van der Waals surface area contributed by atoms with Gasteiger partial charge in [0, 0.05) is 19.8 Å². The van der Waals surface area contributed by atoms with Crippen molar-refractivity contribution in [3.05, 3.63) is 53.7 Å². The topological polar surface area (TPSA) is 45.2 Å². The van der Waals surface area contributed by atoms with Crippen molar-refractivity contribution < 1.29 is 4.79 Å². The number of carbonyl (C=O) groups is 1. The molecule has 0 saturated carbocycles. The molecule has 1 amide bonds. The molecule has 0 aliphatic heterocycles. The molecule has 0 spiro atoms. The number of benzene rings is 1. The number of aryl methyl sites for hydroxylation is 1. The minimum absolute atomic E-state index is 0.119. The Bertz CT molecular complexity index is 593. The zero-order chi connectivity index (χ0) is 14.5. The first-order valence-corrected chi connectivity index (χ1v) is 6.67. The summed E-state index contributed by atoms with van der Waals surface area (Å²) in [6, 6.07) is 13.4. The quantitative estimate of drug-likeness (QED) is 0.928. The lowest BCUT2D eigenvalue weighted by atomic mass is 10.1. The zero-order valence-electron chi connectivity index (χ0n) is 12.1. The van der Waals surface area contributed by atoms with Crippen molar-refractivity contribution in [2.75, 3.05) is 24.3 Å². The zero-order valence-corrected chi connectivity index (χ0v) is 12.1. The Morgan fingerprint density at radius 3 is 2.50 bits per heavy atom. The van der Waals surface area contributed by atoms with Crippen LogP contribution in [0.2, 0.25) is 0 Å². The minimum Gasteiger partial charge on any atom is -0.373 e. The van der Waals surface area contributed by atoms with Gasteiger partial charge in [0.2, 0.25) is 0 Å². The summed E-state index contributed by atoms with van der Waals surface area (Å²) in [7, 11) is 3.54. The fourth-order valence-electron chi connectivity index (χ4n) is 1.94. The molecule has 1 N–H and O–H groups in total. The molecule has 1 aromatic carbocycles. The van der Waals surface area contributed by atoms with Crippen LogP contribution in [0.5, 0.6) is 0 Å². The van der Waals surface area contributed by atoms with Gasteiger partial charge in [0.1, 0.15) is 11.5 Å². The summed E-state index contributed by atoms with van der Waals surface area (Å²) in [5.74, 6) is 0.567. The molecule has 0 atom stereocenters. The summed E-state index contributed by atoms with van der Waals surface area (Å²) in [5, 5.41) is 2.93. The third-order valence-corrected chi connectivity index (χ3v) is 3.26. The number of amides is 1. The highest BCUT2D eigenvalue weighted by Crippen LogP contribution is 2.17. The van der Waals surface area contributed by atoms with Gasteiger partial charge in [0.05, 0.1) is 0 Å². The Balaban J connectivity index is 2.22. The van der Waals surface area contributed by atoms with Gasteiger partial charge in [-0.3, -0.25) is 4.79 Å². The molecule has 104 valence electrons. The number of hydrogen-bond acceptors (Lipinski definition) is 3. The van der Waals surface area contributed by atoms with Crippen LogP contribution < -0.4 is 10.2 Å². The van der Waals surface area contributed by atoms with E-state index in [-0.39, 0.29) is 5.91 Å². The van der Waals surface area contributed by atoms with Crippen LogP contribution >= 0.6 is 0 Å². The Hall–Kier alpha value is -2.36. The van der Waals surface area contributed by atoms with Gasteiger partial charge < -0.3 is 10.2 Å². The van der Waals surface area contributed by atoms with E-state index in [1.807, 2.05) is 36.4 Å². The third-order valence-electron chi connectivity index (χ3n) is 3.26. The summed E-state index contributed by atoms with van der Waals surface area (Å²) in [5.41, 5.74) is 2.55. The lowest BCUT2D eigenvalue weighted by Gasteiger charge is -2.17. The molecule has 0 fully saturated rings. The van der Waals surface area contributed by atoms with E-state index in [0.717, 1.165) is 12.1 Å². The summed E-state index contributed by atoms with van der Waals surface area (Å²) >= 11 is 0. The molecule has 0 saturated heterocycles. The first-order valence-electron chi connectivity index (χ1n) is 6.67. The Kier molecular flexibility index (Phi) is 4.35. The lowest BCUT2D eigenvalue weighted by molar-refractivity contribution is 0.0988. The summed E-state index contributed by atoms with van der Waals surface area (Å²) in [4.78, 5) is 18.3. The van der Waals surface area contributed by atoms with Gasteiger partial charge in [-0.25, -0.2) is 4.98 Å². The van der Waals surface area contributed by atoms with Crippen molar-refractivity contribution in [2.45, 2.75) is 13.3 Å². The standard InChI is InChI=1S/C16H19N3O/c1-4-12-8-10-13(11-9-12)19(3)16(20)14-6-5-7-15(17-2)18-14/h5-11H,4H2,1-3H3,(H,17,18). The van der Waals surface area contributed by atoms with E-state index in [0.29, 0.717) is 11.5 Å². The van der Waals surface area contributed by atoms with E-state index >= 15 is 0 Å². The van der Waals surface area contributed by atoms with Gasteiger partial charge in [-0.1, -0.05) is 25.1 Å². The van der Waals surface area contributed by atoms with Crippen molar-refractivity contribution in [3.63, 3.8) is 0 Å². The average Bonchev–Trinajstić information content (AvgIpc) is 2.53. The maximum atomic E-state index is 12.4. The third kappa shape index (κ3) is 2.96. The second kappa shape index (κ2) is 6.19. The normalized spacial score (nSPS) is 10.2. The van der Waals surface area contributed by atoms with Crippen LogP contribution in [-0.2, 0) is 6.42 Å². The SMILES string of the molecule is CCc1ccc(N(C)C(=O)c2cccc(NC)n2)cc1. The van der Waals surface area contributed by atoms with Crippen LogP contribution in [0.3, 0.4) is 0 Å². The van der Waals surface area contributed by atoms with Crippen molar-refractivity contribution >= 4 is 17.4 Å². The molecule has 0 unspecified atom stereocenters. The lowest BCUT2D eigenvalue weighted by Crippen LogP contribution is -2.27. The Labute approximate surface area is 119 Å². The van der Waals surface area contributed by atoms with E-state index in [2.05, 4.69) is 17.2 Å². The molecule has 0 aliphatic carbocycles. The molecule has 4 nitrogen and oxygen atoms in total. The van der Waals surface area contributed by atoms with Gasteiger partial charge in [-0.05, 0) is 36.2 Å². The second-order valence-electron chi connectivity index (χ2n) is 4.54. The molecule has 4 heteroatoms. The largest absolute Gasteiger partial charge is 0.373 e. The highest BCUT2D eigenvalue weighted by atomic mass is 16.2. The maximum Gasteiger partial charge on any atom is 0.276 e. The van der Waals surface area contributed by atoms with Gasteiger partial charge in [0.25, 0.3) is 5.91 Å². The van der Waals surface area contributed by atoms with Gasteiger partial charge in [-0.2, -0.15) is 0 Å². The Morgan fingerprint density at radius 2 is 1.90 bits per heavy atom. The number of carbonyl (C=O) groups excluding carboxylic acids is 1. The van der Waals surface area contributed by atoms with Gasteiger partial charge in [-0.15, -0.1) is 0 Å². The fraction of sp³-hybridized carbons (Fsp3) is 0.250. The number of nitrogens with zero attached hydrogens (tertiary/aromatic N) is 2. The maximum absolute atomic E-state index is 12.4. The summed E-state index contributed by atoms with van der Waals surface area (Å²) in [6.45, 7) is 2.11. The molecule has 0 aliphatic rings. The monoisotopic (exact) mass is 269 g/mol. The van der Waals surface area contributed by atoms with Crippen LogP contribution in [-0.4, -0.2) is 25.0 Å². The first-order chi connectivity index (χ1) is 9.65. The molecule has 2 aromatic rings. The highest BCUT2D eigenvalue weighted by Gasteiger charge is 2.15. The van der Waals surface area contributed by atoms with Crippen LogP contribution in [0.15, 0.2) is 42.5 Å². The summed E-state index contributed by atoms with van der Waals surface area (Å²) in [6.07, 6.45) is 0.990. The highest BCUT2D eigenvalue weighted by molar-refractivity contribution is 6.04. The average molecular weight is 269 g/mol. The van der Waals surface area contributed by atoms with E-state index in [1.54, 1.807) is 25.1 Å². The predicted octanol–water partition coefficient (Wildman–Crippen LogP) is 2.96. The first kappa shape index (κ1) is 14.1. The van der Waals surface area contributed by atoms with Crippen molar-refractivity contribution in [1.29, 1.82) is 0 Å². The molecule has 2 rings (SSSR count). The van der Waals surface area contributed by atoms with Gasteiger partial charge in [0.15, 0.2) is 0 Å². The Morgan fingerprint density at radius 1 is 1.20 bits per heavy atom. The summed E-state index contributed by atoms with van der Waals surface area (Å²) < 4.78 is 0. The molecular weight excluding hydrogens is 250 g/mol.